The van der Waals surface area contributed by atoms with Gasteiger partial charge in [0.25, 0.3) is 0 Å². The van der Waals surface area contributed by atoms with Gasteiger partial charge in [0.2, 0.25) is 9.84 Å². The molecule has 0 aliphatic heterocycles. The fourth-order valence-corrected chi connectivity index (χ4v) is 5.45. The number of benzene rings is 3. The molecule has 3 aromatic carbocycles. The van der Waals surface area contributed by atoms with Gasteiger partial charge in [-0.1, -0.05) is 60.2 Å². The van der Waals surface area contributed by atoms with E-state index in [9.17, 15) is 13.7 Å². The average Bonchev–Trinajstić information content (AvgIpc) is 2.73. The number of nitriles is 1. The fourth-order valence-electron chi connectivity index (χ4n) is 2.92. The Morgan fingerprint density at radius 3 is 2.23 bits per heavy atom. The molecule has 0 aromatic heterocycles. The molecule has 0 spiro atoms. The zero-order chi connectivity index (χ0) is 21.6. The minimum Gasteiger partial charge on any atom is -0.349 e. The van der Waals surface area contributed by atoms with Gasteiger partial charge in [-0.25, -0.2) is 8.42 Å². The van der Waals surface area contributed by atoms with Crippen LogP contribution in [-0.2, 0) is 15.6 Å². The maximum Gasteiger partial charge on any atom is 0.219 e. The molecule has 0 unspecified atom stereocenters. The molecular formula is C24H22N2O2S2. The van der Waals surface area contributed by atoms with Gasteiger partial charge in [0.1, 0.15) is 11.1 Å². The van der Waals surface area contributed by atoms with Crippen LogP contribution in [-0.4, -0.2) is 8.42 Å². The first-order chi connectivity index (χ1) is 14.4. The van der Waals surface area contributed by atoms with E-state index < -0.39 is 9.84 Å². The van der Waals surface area contributed by atoms with Gasteiger partial charge in [-0.3, -0.25) is 0 Å². The number of aryl methyl sites for hydroxylation is 2. The van der Waals surface area contributed by atoms with Crippen molar-refractivity contribution in [3.05, 3.63) is 105 Å². The number of rotatable bonds is 7. The summed E-state index contributed by atoms with van der Waals surface area (Å²) in [4.78, 5) is -0.186. The SMILES string of the molecule is Cc1cccc(CS/C(Nc2cccc(C)c2)=C(\C#N)S(=O)(=O)c2ccccc2)c1. The molecular weight excluding hydrogens is 412 g/mol. The van der Waals surface area contributed by atoms with Gasteiger partial charge < -0.3 is 5.32 Å². The van der Waals surface area contributed by atoms with E-state index in [1.165, 1.54) is 23.9 Å². The summed E-state index contributed by atoms with van der Waals surface area (Å²) in [7, 11) is -3.96. The van der Waals surface area contributed by atoms with Crippen LogP contribution in [0.3, 0.4) is 0 Å². The van der Waals surface area contributed by atoms with Crippen LogP contribution >= 0.6 is 11.8 Å². The summed E-state index contributed by atoms with van der Waals surface area (Å²) in [5.41, 5.74) is 3.95. The monoisotopic (exact) mass is 434 g/mol. The number of allylic oxidation sites excluding steroid dienone is 1. The predicted octanol–water partition coefficient (Wildman–Crippen LogP) is 5.82. The van der Waals surface area contributed by atoms with Crippen LogP contribution in [0.5, 0.6) is 0 Å². The average molecular weight is 435 g/mol. The van der Waals surface area contributed by atoms with Crippen LogP contribution in [0.2, 0.25) is 0 Å². The molecule has 0 aliphatic carbocycles. The topological polar surface area (TPSA) is 70.0 Å². The summed E-state index contributed by atoms with van der Waals surface area (Å²) in [5.74, 6) is 0.533. The maximum atomic E-state index is 13.2. The minimum atomic E-state index is -3.96. The molecule has 6 heteroatoms. The summed E-state index contributed by atoms with van der Waals surface area (Å²) in [6, 6.07) is 25.6. The predicted molar refractivity (Wildman–Crippen MR) is 124 cm³/mol. The van der Waals surface area contributed by atoms with E-state index in [0.717, 1.165) is 22.4 Å². The second kappa shape index (κ2) is 9.66. The fraction of sp³-hybridized carbons (Fsp3) is 0.125. The van der Waals surface area contributed by atoms with Gasteiger partial charge in [-0.05, 0) is 49.2 Å². The van der Waals surface area contributed by atoms with Gasteiger partial charge >= 0.3 is 0 Å². The lowest BCUT2D eigenvalue weighted by Crippen LogP contribution is -2.10. The van der Waals surface area contributed by atoms with Crippen LogP contribution in [0.1, 0.15) is 16.7 Å². The van der Waals surface area contributed by atoms with Gasteiger partial charge in [-0.2, -0.15) is 5.26 Å². The molecule has 0 heterocycles. The zero-order valence-corrected chi connectivity index (χ0v) is 18.4. The van der Waals surface area contributed by atoms with E-state index in [0.29, 0.717) is 10.8 Å². The largest absolute Gasteiger partial charge is 0.349 e. The summed E-state index contributed by atoms with van der Waals surface area (Å²) >= 11 is 1.31. The summed E-state index contributed by atoms with van der Waals surface area (Å²) < 4.78 is 26.4. The van der Waals surface area contributed by atoms with Crippen molar-refractivity contribution < 1.29 is 8.42 Å². The summed E-state index contributed by atoms with van der Waals surface area (Å²) in [6.45, 7) is 3.97. The molecule has 0 radical (unpaired) electrons. The third-order valence-electron chi connectivity index (χ3n) is 4.37. The van der Waals surface area contributed by atoms with Gasteiger partial charge in [-0.15, -0.1) is 11.8 Å². The first kappa shape index (κ1) is 21.7. The number of nitrogens with one attached hydrogen (secondary N) is 1. The molecule has 0 saturated carbocycles. The summed E-state index contributed by atoms with van der Waals surface area (Å²) in [5, 5.41) is 13.3. The van der Waals surface area contributed by atoms with Crippen molar-refractivity contribution in [3.63, 3.8) is 0 Å². The number of hydrogen-bond donors (Lipinski definition) is 1. The van der Waals surface area contributed by atoms with E-state index in [1.807, 2.05) is 62.4 Å². The molecule has 3 rings (SSSR count). The number of anilines is 1. The minimum absolute atomic E-state index is 0.0984. The molecule has 0 fully saturated rings. The van der Waals surface area contributed by atoms with Crippen LogP contribution in [0.4, 0.5) is 5.69 Å². The molecule has 0 bridgehead atoms. The molecule has 0 aliphatic rings. The van der Waals surface area contributed by atoms with Crippen LogP contribution in [0, 0.1) is 25.2 Å². The highest BCUT2D eigenvalue weighted by atomic mass is 32.2. The smallest absolute Gasteiger partial charge is 0.219 e. The van der Waals surface area contributed by atoms with Crippen molar-refractivity contribution >= 4 is 27.3 Å². The zero-order valence-electron chi connectivity index (χ0n) is 16.8. The third-order valence-corrected chi connectivity index (χ3v) is 7.30. The summed E-state index contributed by atoms with van der Waals surface area (Å²) in [6.07, 6.45) is 0. The standard InChI is InChI=1S/C24H22N2O2S2/c1-18-8-6-10-20(14-18)17-29-24(26-21-11-7-9-19(2)15-21)23(16-25)30(27,28)22-12-4-3-5-13-22/h3-15,26H,17H2,1-2H3/b24-23+. The van der Waals surface area contributed by atoms with Crippen LogP contribution < -0.4 is 5.32 Å². The Labute approximate surface area is 182 Å². The lowest BCUT2D eigenvalue weighted by atomic mass is 10.2. The molecule has 0 saturated heterocycles. The number of hydrogen-bond acceptors (Lipinski definition) is 5. The second-order valence-corrected chi connectivity index (χ2v) is 9.73. The third kappa shape index (κ3) is 5.32. The molecule has 4 nitrogen and oxygen atoms in total. The van der Waals surface area contributed by atoms with Gasteiger partial charge in [0.05, 0.1) is 4.90 Å². The Kier molecular flexibility index (Phi) is 6.99. The molecule has 152 valence electrons. The Morgan fingerprint density at radius 1 is 0.933 bits per heavy atom. The first-order valence-electron chi connectivity index (χ1n) is 9.36. The second-order valence-electron chi connectivity index (χ2n) is 6.86. The van der Waals surface area contributed by atoms with Crippen molar-refractivity contribution in [2.24, 2.45) is 0 Å². The van der Waals surface area contributed by atoms with E-state index in [1.54, 1.807) is 18.2 Å². The Balaban J connectivity index is 2.04. The molecule has 0 atom stereocenters. The molecule has 3 aromatic rings. The number of nitrogens with zero attached hydrogens (tertiary/aromatic N) is 1. The van der Waals surface area contributed by atoms with E-state index >= 15 is 0 Å². The molecule has 1 N–H and O–H groups in total. The lowest BCUT2D eigenvalue weighted by Gasteiger charge is -2.14. The Morgan fingerprint density at radius 2 is 1.60 bits per heavy atom. The molecule has 30 heavy (non-hydrogen) atoms. The first-order valence-corrected chi connectivity index (χ1v) is 11.8. The highest BCUT2D eigenvalue weighted by Gasteiger charge is 2.25. The lowest BCUT2D eigenvalue weighted by molar-refractivity contribution is 0.603. The highest BCUT2D eigenvalue weighted by molar-refractivity contribution is 8.04. The number of sulfone groups is 1. The van der Waals surface area contributed by atoms with Crippen molar-refractivity contribution in [2.45, 2.75) is 24.5 Å². The normalized spacial score (nSPS) is 12.0. The van der Waals surface area contributed by atoms with Crippen molar-refractivity contribution in [1.82, 2.24) is 0 Å². The van der Waals surface area contributed by atoms with Gasteiger partial charge in [0.15, 0.2) is 4.91 Å². The van der Waals surface area contributed by atoms with Crippen LogP contribution in [0.25, 0.3) is 0 Å². The van der Waals surface area contributed by atoms with E-state index in [-0.39, 0.29) is 9.80 Å². The van der Waals surface area contributed by atoms with Gasteiger partial charge in [0, 0.05) is 11.4 Å². The van der Waals surface area contributed by atoms with Crippen molar-refractivity contribution in [2.75, 3.05) is 5.32 Å². The molecule has 0 amide bonds. The van der Waals surface area contributed by atoms with Crippen molar-refractivity contribution in [3.8, 4) is 6.07 Å². The quantitative estimate of drug-likeness (QED) is 0.475. The number of thioether (sulfide) groups is 1. The Bertz CT molecular complexity index is 1210. The van der Waals surface area contributed by atoms with E-state index in [4.69, 9.17) is 0 Å². The maximum absolute atomic E-state index is 13.2. The highest BCUT2D eigenvalue weighted by Crippen LogP contribution is 2.31. The van der Waals surface area contributed by atoms with Crippen LogP contribution in [0.15, 0.2) is 93.7 Å². The van der Waals surface area contributed by atoms with E-state index in [2.05, 4.69) is 11.4 Å². The van der Waals surface area contributed by atoms with Crippen molar-refractivity contribution in [1.29, 1.82) is 5.26 Å². The Hall–Kier alpha value is -3.01.